The third kappa shape index (κ3) is 2.63. The molecule has 1 aliphatic carbocycles. The van der Waals surface area contributed by atoms with Crippen LogP contribution in [0.15, 0.2) is 30.0 Å². The monoisotopic (exact) mass is 336 g/mol. The number of rotatable bonds is 1. The first-order valence-corrected chi connectivity index (χ1v) is 7.79. The molecule has 1 aliphatic heterocycles. The summed E-state index contributed by atoms with van der Waals surface area (Å²) >= 11 is 5.99. The summed E-state index contributed by atoms with van der Waals surface area (Å²) in [5.41, 5.74) is 5.45. The highest BCUT2D eigenvalue weighted by molar-refractivity contribution is 6.33. The van der Waals surface area contributed by atoms with E-state index in [2.05, 4.69) is 0 Å². The Kier molecular flexibility index (Phi) is 3.52. The summed E-state index contributed by atoms with van der Waals surface area (Å²) < 4.78 is 13.3. The lowest BCUT2D eigenvalue weighted by atomic mass is 9.62. The summed E-state index contributed by atoms with van der Waals surface area (Å²) in [7, 11) is 0. The number of ketones is 1. The quantitative estimate of drug-likeness (QED) is 0.857. The van der Waals surface area contributed by atoms with Gasteiger partial charge in [0.2, 0.25) is 0 Å². The molecule has 0 radical (unpaired) electrons. The molecule has 23 heavy (non-hydrogen) atoms. The first kappa shape index (κ1) is 16.0. The number of carbonyl (C=O) groups is 2. The van der Waals surface area contributed by atoms with Crippen molar-refractivity contribution in [2.45, 2.75) is 20.3 Å². The molecule has 1 spiro atoms. The fourth-order valence-corrected chi connectivity index (χ4v) is 3.89. The van der Waals surface area contributed by atoms with Gasteiger partial charge in [0.1, 0.15) is 5.82 Å². The maximum Gasteiger partial charge on any atom is 0.255 e. The molecule has 3 rings (SSSR count). The number of Topliss-reactive ketones (excluding diaryl/α,β-unsaturated/α-hetero) is 1. The average molecular weight is 337 g/mol. The van der Waals surface area contributed by atoms with Crippen molar-refractivity contribution in [1.82, 2.24) is 4.90 Å². The number of carbonyl (C=O) groups excluding carboxylic acids is 2. The number of hydrogen-bond donors (Lipinski definition) is 1. The second-order valence-electron chi connectivity index (χ2n) is 7.14. The molecule has 0 atom stereocenters. The Labute approximate surface area is 139 Å². The van der Waals surface area contributed by atoms with Gasteiger partial charge in [-0.05, 0) is 30.7 Å². The topological polar surface area (TPSA) is 63.4 Å². The number of nitrogens with two attached hydrogens (primary N) is 1. The molecular weight excluding hydrogens is 319 g/mol. The second kappa shape index (κ2) is 5.06. The Morgan fingerprint density at radius 2 is 2.00 bits per heavy atom. The molecule has 0 bridgehead atoms. The number of amides is 1. The van der Waals surface area contributed by atoms with Crippen LogP contribution in [0.5, 0.6) is 0 Å². The summed E-state index contributed by atoms with van der Waals surface area (Å²) in [6.45, 7) is 4.64. The van der Waals surface area contributed by atoms with Crippen LogP contribution in [0.2, 0.25) is 5.02 Å². The van der Waals surface area contributed by atoms with Gasteiger partial charge in [-0.2, -0.15) is 0 Å². The molecule has 1 fully saturated rings. The normalized spacial score (nSPS) is 21.8. The van der Waals surface area contributed by atoms with Crippen molar-refractivity contribution in [2.75, 3.05) is 13.1 Å². The number of nitrogens with zero attached hydrogens (tertiary/aromatic N) is 1. The van der Waals surface area contributed by atoms with Gasteiger partial charge < -0.3 is 10.6 Å². The van der Waals surface area contributed by atoms with Gasteiger partial charge in [0, 0.05) is 23.9 Å². The molecule has 0 unspecified atom stereocenters. The van der Waals surface area contributed by atoms with Crippen molar-refractivity contribution in [3.63, 3.8) is 0 Å². The van der Waals surface area contributed by atoms with Gasteiger partial charge in [-0.1, -0.05) is 25.4 Å². The van der Waals surface area contributed by atoms with Crippen LogP contribution in [0.25, 0.3) is 0 Å². The molecule has 1 heterocycles. The Morgan fingerprint density at radius 1 is 1.35 bits per heavy atom. The van der Waals surface area contributed by atoms with Crippen LogP contribution in [0.1, 0.15) is 30.6 Å². The van der Waals surface area contributed by atoms with Gasteiger partial charge >= 0.3 is 0 Å². The Hall–Kier alpha value is -1.88. The average Bonchev–Trinajstić information content (AvgIpc) is 2.43. The SMILES string of the molecule is CC1(C)CC2(C=C(N)C1=O)CN(C(=O)c1cc(F)ccc1Cl)C2. The molecule has 2 N–H and O–H groups in total. The fraction of sp³-hybridized carbons (Fsp3) is 0.412. The van der Waals surface area contributed by atoms with Gasteiger partial charge in [-0.25, -0.2) is 4.39 Å². The maximum absolute atomic E-state index is 13.3. The lowest BCUT2D eigenvalue weighted by Gasteiger charge is -2.53. The van der Waals surface area contributed by atoms with Crippen LogP contribution in [0, 0.1) is 16.6 Å². The standard InChI is InChI=1S/C17H18ClFN2O2/c1-16(2)7-17(6-13(20)14(16)22)8-21(9-17)15(23)11-5-10(19)3-4-12(11)18/h3-6H,7-9,20H2,1-2H3. The zero-order valence-corrected chi connectivity index (χ0v) is 13.8. The third-order valence-electron chi connectivity index (χ3n) is 4.59. The first-order valence-electron chi connectivity index (χ1n) is 7.41. The van der Waals surface area contributed by atoms with E-state index in [0.717, 1.165) is 6.07 Å². The number of allylic oxidation sites excluding steroid dienone is 1. The minimum atomic E-state index is -0.537. The van der Waals surface area contributed by atoms with E-state index in [-0.39, 0.29) is 33.4 Å². The summed E-state index contributed by atoms with van der Waals surface area (Å²) in [5, 5.41) is 0.228. The lowest BCUT2D eigenvalue weighted by molar-refractivity contribution is -0.127. The molecule has 122 valence electrons. The summed E-state index contributed by atoms with van der Waals surface area (Å²) in [4.78, 5) is 26.2. The van der Waals surface area contributed by atoms with Crippen molar-refractivity contribution in [3.8, 4) is 0 Å². The van der Waals surface area contributed by atoms with Crippen molar-refractivity contribution >= 4 is 23.3 Å². The molecule has 2 aliphatic rings. The van der Waals surface area contributed by atoms with Gasteiger partial charge in [-0.3, -0.25) is 9.59 Å². The minimum absolute atomic E-state index is 0.0546. The molecule has 0 saturated carbocycles. The van der Waals surface area contributed by atoms with Gasteiger partial charge in [0.05, 0.1) is 16.3 Å². The van der Waals surface area contributed by atoms with Crippen molar-refractivity contribution in [2.24, 2.45) is 16.6 Å². The van der Waals surface area contributed by atoms with Crippen LogP contribution in [-0.4, -0.2) is 29.7 Å². The number of halogens is 2. The molecule has 1 amide bonds. The van der Waals surface area contributed by atoms with Gasteiger partial charge in [0.15, 0.2) is 5.78 Å². The molecule has 6 heteroatoms. The number of benzene rings is 1. The Morgan fingerprint density at radius 3 is 2.61 bits per heavy atom. The molecule has 1 aromatic carbocycles. The van der Waals surface area contributed by atoms with E-state index in [1.807, 2.05) is 13.8 Å². The van der Waals surface area contributed by atoms with Crippen LogP contribution < -0.4 is 5.73 Å². The van der Waals surface area contributed by atoms with Crippen LogP contribution in [0.3, 0.4) is 0 Å². The second-order valence-corrected chi connectivity index (χ2v) is 7.54. The van der Waals surface area contributed by atoms with E-state index in [0.29, 0.717) is 19.5 Å². The third-order valence-corrected chi connectivity index (χ3v) is 4.92. The van der Waals surface area contributed by atoms with E-state index in [1.54, 1.807) is 11.0 Å². The lowest BCUT2D eigenvalue weighted by Crippen LogP contribution is -2.61. The highest BCUT2D eigenvalue weighted by Crippen LogP contribution is 2.47. The summed E-state index contributed by atoms with van der Waals surface area (Å²) in [6, 6.07) is 3.74. The molecule has 0 aromatic heterocycles. The zero-order valence-electron chi connectivity index (χ0n) is 13.0. The molecule has 1 aromatic rings. The van der Waals surface area contributed by atoms with Crippen LogP contribution in [0.4, 0.5) is 4.39 Å². The highest BCUT2D eigenvalue weighted by Gasteiger charge is 2.51. The minimum Gasteiger partial charge on any atom is -0.396 e. The molecule has 1 saturated heterocycles. The summed E-state index contributed by atoms with van der Waals surface area (Å²) in [6.07, 6.45) is 2.41. The Bertz CT molecular complexity index is 736. The van der Waals surface area contributed by atoms with E-state index < -0.39 is 11.2 Å². The van der Waals surface area contributed by atoms with Crippen LogP contribution in [-0.2, 0) is 4.79 Å². The number of likely N-dealkylation sites (tertiary alicyclic amines) is 1. The Balaban J connectivity index is 1.80. The van der Waals surface area contributed by atoms with Gasteiger partial charge in [-0.15, -0.1) is 0 Å². The van der Waals surface area contributed by atoms with E-state index in [1.165, 1.54) is 12.1 Å². The molecular formula is C17H18ClFN2O2. The van der Waals surface area contributed by atoms with E-state index in [4.69, 9.17) is 17.3 Å². The first-order chi connectivity index (χ1) is 10.6. The zero-order chi connectivity index (χ0) is 17.0. The van der Waals surface area contributed by atoms with E-state index >= 15 is 0 Å². The summed E-state index contributed by atoms with van der Waals surface area (Å²) in [5.74, 6) is -0.857. The largest absolute Gasteiger partial charge is 0.396 e. The van der Waals surface area contributed by atoms with Crippen LogP contribution >= 0.6 is 11.6 Å². The fourth-order valence-electron chi connectivity index (χ4n) is 3.69. The number of hydrogen-bond acceptors (Lipinski definition) is 3. The predicted octanol–water partition coefficient (Wildman–Crippen LogP) is 2.76. The van der Waals surface area contributed by atoms with Crippen molar-refractivity contribution in [3.05, 3.63) is 46.4 Å². The smallest absolute Gasteiger partial charge is 0.255 e. The highest BCUT2D eigenvalue weighted by atomic mass is 35.5. The molecule has 4 nitrogen and oxygen atoms in total. The maximum atomic E-state index is 13.3. The van der Waals surface area contributed by atoms with Crippen molar-refractivity contribution < 1.29 is 14.0 Å². The van der Waals surface area contributed by atoms with E-state index in [9.17, 15) is 14.0 Å². The van der Waals surface area contributed by atoms with Crippen molar-refractivity contribution in [1.29, 1.82) is 0 Å². The predicted molar refractivity (Wildman–Crippen MR) is 85.4 cm³/mol. The van der Waals surface area contributed by atoms with Gasteiger partial charge in [0.25, 0.3) is 5.91 Å².